The van der Waals surface area contributed by atoms with Crippen LogP contribution in [-0.4, -0.2) is 31.0 Å². The van der Waals surface area contributed by atoms with Gasteiger partial charge in [-0.05, 0) is 6.07 Å². The van der Waals surface area contributed by atoms with E-state index in [9.17, 15) is 0 Å². The first-order valence-corrected chi connectivity index (χ1v) is 5.94. The molecule has 2 aliphatic heterocycles. The normalized spacial score (nSPS) is 28.5. The van der Waals surface area contributed by atoms with Crippen molar-refractivity contribution in [3.8, 4) is 0 Å². The van der Waals surface area contributed by atoms with Crippen LogP contribution in [0.2, 0.25) is 0 Å². The summed E-state index contributed by atoms with van der Waals surface area (Å²) in [6, 6.07) is 9.08. The molecule has 3 rings (SSSR count). The first-order valence-electron chi connectivity index (χ1n) is 5.14. The third kappa shape index (κ3) is 1.58. The molecule has 78 valence electrons. The van der Waals surface area contributed by atoms with Crippen molar-refractivity contribution in [1.29, 1.82) is 0 Å². The molecule has 2 aliphatic rings. The van der Waals surface area contributed by atoms with E-state index in [-0.39, 0.29) is 0 Å². The van der Waals surface area contributed by atoms with Crippen molar-refractivity contribution in [2.45, 2.75) is 12.1 Å². The molecular formula is C11H12BrN3. The molecule has 1 saturated heterocycles. The third-order valence-electron chi connectivity index (χ3n) is 2.93. The Morgan fingerprint density at radius 2 is 2.13 bits per heavy atom. The highest BCUT2D eigenvalue weighted by Crippen LogP contribution is 2.21. The number of hydrogen-bond donors (Lipinski definition) is 2. The molecule has 0 bridgehead atoms. The van der Waals surface area contributed by atoms with Crippen LogP contribution in [0.5, 0.6) is 0 Å². The van der Waals surface area contributed by atoms with Gasteiger partial charge in [0.1, 0.15) is 5.84 Å². The van der Waals surface area contributed by atoms with Gasteiger partial charge in [0, 0.05) is 23.1 Å². The molecule has 1 fully saturated rings. The van der Waals surface area contributed by atoms with Gasteiger partial charge in [0.2, 0.25) is 0 Å². The van der Waals surface area contributed by atoms with Gasteiger partial charge in [-0.15, -0.1) is 0 Å². The average molecular weight is 266 g/mol. The van der Waals surface area contributed by atoms with E-state index >= 15 is 0 Å². The summed E-state index contributed by atoms with van der Waals surface area (Å²) in [7, 11) is 0. The summed E-state index contributed by atoms with van der Waals surface area (Å²) in [4.78, 5) is 4.69. The van der Waals surface area contributed by atoms with Gasteiger partial charge in [-0.2, -0.15) is 0 Å². The molecule has 15 heavy (non-hydrogen) atoms. The summed E-state index contributed by atoms with van der Waals surface area (Å²) >= 11 is 3.55. The zero-order valence-electron chi connectivity index (χ0n) is 8.20. The van der Waals surface area contributed by atoms with Crippen molar-refractivity contribution in [2.24, 2.45) is 4.99 Å². The predicted molar refractivity (Wildman–Crippen MR) is 64.3 cm³/mol. The highest BCUT2D eigenvalue weighted by Gasteiger charge is 2.33. The monoisotopic (exact) mass is 265 g/mol. The van der Waals surface area contributed by atoms with Gasteiger partial charge < -0.3 is 10.6 Å². The standard InChI is InChI=1S/C11H12BrN3/c12-8-4-2-1-3-7(8)11-14-9-5-13-6-10(9)15-11/h1-4,9-10,13H,5-6H2,(H,14,15). The second-order valence-electron chi connectivity index (χ2n) is 3.93. The quantitative estimate of drug-likeness (QED) is 0.799. The lowest BCUT2D eigenvalue weighted by Crippen LogP contribution is -2.35. The van der Waals surface area contributed by atoms with Gasteiger partial charge in [-0.1, -0.05) is 34.1 Å². The Morgan fingerprint density at radius 3 is 2.93 bits per heavy atom. The minimum Gasteiger partial charge on any atom is -0.364 e. The molecule has 1 aromatic rings. The van der Waals surface area contributed by atoms with E-state index in [1.807, 2.05) is 18.2 Å². The van der Waals surface area contributed by atoms with Crippen molar-refractivity contribution < 1.29 is 0 Å². The Kier molecular flexibility index (Phi) is 2.25. The molecule has 1 aromatic carbocycles. The van der Waals surface area contributed by atoms with E-state index in [0.717, 1.165) is 29.0 Å². The Balaban J connectivity index is 1.93. The highest BCUT2D eigenvalue weighted by atomic mass is 79.9. The molecule has 0 aromatic heterocycles. The molecule has 0 amide bonds. The zero-order valence-corrected chi connectivity index (χ0v) is 9.79. The summed E-state index contributed by atoms with van der Waals surface area (Å²) in [6.45, 7) is 2.01. The highest BCUT2D eigenvalue weighted by molar-refractivity contribution is 9.10. The number of benzene rings is 1. The number of amidine groups is 1. The van der Waals surface area contributed by atoms with Crippen LogP contribution in [0.3, 0.4) is 0 Å². The number of halogens is 1. The number of fused-ring (bicyclic) bond motifs is 1. The van der Waals surface area contributed by atoms with Crippen molar-refractivity contribution in [2.75, 3.05) is 13.1 Å². The van der Waals surface area contributed by atoms with E-state index in [0.29, 0.717) is 12.1 Å². The first-order chi connectivity index (χ1) is 7.34. The molecule has 0 saturated carbocycles. The van der Waals surface area contributed by atoms with Gasteiger partial charge in [-0.3, -0.25) is 4.99 Å². The van der Waals surface area contributed by atoms with Crippen LogP contribution in [0, 0.1) is 0 Å². The second kappa shape index (κ2) is 3.61. The number of nitrogens with one attached hydrogen (secondary N) is 2. The Hall–Kier alpha value is -0.870. The summed E-state index contributed by atoms with van der Waals surface area (Å²) < 4.78 is 1.10. The summed E-state index contributed by atoms with van der Waals surface area (Å²) in [5, 5.41) is 6.80. The van der Waals surface area contributed by atoms with Crippen molar-refractivity contribution in [1.82, 2.24) is 10.6 Å². The maximum atomic E-state index is 4.69. The molecule has 0 radical (unpaired) electrons. The third-order valence-corrected chi connectivity index (χ3v) is 3.62. The van der Waals surface area contributed by atoms with Crippen LogP contribution in [0.4, 0.5) is 0 Å². The van der Waals surface area contributed by atoms with Gasteiger partial charge in [-0.25, -0.2) is 0 Å². The minimum atomic E-state index is 0.409. The molecule has 0 spiro atoms. The van der Waals surface area contributed by atoms with Crippen molar-refractivity contribution in [3.05, 3.63) is 34.3 Å². The average Bonchev–Trinajstić information content (AvgIpc) is 2.77. The largest absolute Gasteiger partial charge is 0.364 e. The van der Waals surface area contributed by atoms with Gasteiger partial charge >= 0.3 is 0 Å². The van der Waals surface area contributed by atoms with E-state index in [2.05, 4.69) is 32.6 Å². The van der Waals surface area contributed by atoms with E-state index in [4.69, 9.17) is 4.99 Å². The smallest absolute Gasteiger partial charge is 0.130 e. The van der Waals surface area contributed by atoms with Crippen LogP contribution >= 0.6 is 15.9 Å². The summed E-state index contributed by atoms with van der Waals surface area (Å²) in [6.07, 6.45) is 0. The molecule has 2 N–H and O–H groups in total. The van der Waals surface area contributed by atoms with E-state index in [1.165, 1.54) is 0 Å². The summed E-state index contributed by atoms with van der Waals surface area (Å²) in [5.41, 5.74) is 1.16. The number of aliphatic imine (C=N–C) groups is 1. The Morgan fingerprint density at radius 1 is 1.27 bits per heavy atom. The van der Waals surface area contributed by atoms with E-state index < -0.39 is 0 Å². The predicted octanol–water partition coefficient (Wildman–Crippen LogP) is 1.14. The van der Waals surface area contributed by atoms with Crippen LogP contribution in [0.25, 0.3) is 0 Å². The Labute approximate surface area is 97.1 Å². The second-order valence-corrected chi connectivity index (χ2v) is 4.79. The molecule has 3 nitrogen and oxygen atoms in total. The van der Waals surface area contributed by atoms with Crippen LogP contribution < -0.4 is 10.6 Å². The Bertz CT molecular complexity index is 416. The number of rotatable bonds is 1. The van der Waals surface area contributed by atoms with Crippen molar-refractivity contribution in [3.63, 3.8) is 0 Å². The van der Waals surface area contributed by atoms with Crippen LogP contribution in [0.15, 0.2) is 33.7 Å². The fraction of sp³-hybridized carbons (Fsp3) is 0.364. The van der Waals surface area contributed by atoms with Crippen molar-refractivity contribution >= 4 is 21.8 Å². The van der Waals surface area contributed by atoms with Gasteiger partial charge in [0.05, 0.1) is 12.1 Å². The minimum absolute atomic E-state index is 0.409. The lowest BCUT2D eigenvalue weighted by atomic mass is 10.2. The van der Waals surface area contributed by atoms with Gasteiger partial charge in [0.25, 0.3) is 0 Å². The lowest BCUT2D eigenvalue weighted by Gasteiger charge is -2.09. The molecule has 2 atom stereocenters. The molecule has 2 heterocycles. The fourth-order valence-corrected chi connectivity index (χ4v) is 2.60. The number of nitrogens with zero attached hydrogens (tertiary/aromatic N) is 1. The number of hydrogen-bond acceptors (Lipinski definition) is 3. The van der Waals surface area contributed by atoms with Crippen LogP contribution in [0.1, 0.15) is 5.56 Å². The SMILES string of the molecule is Brc1ccccc1C1=NC2CNCC2N1. The van der Waals surface area contributed by atoms with Crippen LogP contribution in [-0.2, 0) is 0 Å². The maximum Gasteiger partial charge on any atom is 0.130 e. The molecule has 2 unspecified atom stereocenters. The fourth-order valence-electron chi connectivity index (χ4n) is 2.13. The molecule has 0 aliphatic carbocycles. The molecule has 4 heteroatoms. The lowest BCUT2D eigenvalue weighted by molar-refractivity contribution is 0.637. The summed E-state index contributed by atoms with van der Waals surface area (Å²) in [5.74, 6) is 1.03. The first kappa shape index (κ1) is 9.36. The van der Waals surface area contributed by atoms with E-state index in [1.54, 1.807) is 0 Å². The van der Waals surface area contributed by atoms with Gasteiger partial charge in [0.15, 0.2) is 0 Å². The topological polar surface area (TPSA) is 36.4 Å². The molecular weight excluding hydrogens is 254 g/mol. The zero-order chi connectivity index (χ0) is 10.3. The maximum absolute atomic E-state index is 4.69.